The number of nitrogens with zero attached hydrogens (tertiary/aromatic N) is 1. The second kappa shape index (κ2) is 6.58. The molecule has 2 nitrogen and oxygen atoms in total. The molecule has 0 atom stereocenters. The zero-order valence-corrected chi connectivity index (χ0v) is 12.0. The molecule has 0 aliphatic heterocycles. The lowest BCUT2D eigenvalue weighted by atomic mass is 10.4. The summed E-state index contributed by atoms with van der Waals surface area (Å²) in [5.41, 5.74) is 0. The van der Waals surface area contributed by atoms with Crippen LogP contribution in [0.15, 0.2) is 11.1 Å². The SMILES string of the molecule is CCCNc1nc(SC(C)C)c(Cl)cc1Cl. The van der Waals surface area contributed by atoms with E-state index in [1.54, 1.807) is 17.8 Å². The van der Waals surface area contributed by atoms with Crippen molar-refractivity contribution in [2.75, 3.05) is 11.9 Å². The molecule has 0 bridgehead atoms. The van der Waals surface area contributed by atoms with Crippen molar-refractivity contribution in [3.8, 4) is 0 Å². The number of halogens is 2. The summed E-state index contributed by atoms with van der Waals surface area (Å²) in [4.78, 5) is 4.44. The van der Waals surface area contributed by atoms with E-state index in [2.05, 4.69) is 31.1 Å². The number of anilines is 1. The molecule has 0 aromatic carbocycles. The first-order valence-electron chi connectivity index (χ1n) is 5.31. The van der Waals surface area contributed by atoms with E-state index in [0.29, 0.717) is 15.3 Å². The van der Waals surface area contributed by atoms with E-state index in [1.807, 2.05) is 0 Å². The zero-order chi connectivity index (χ0) is 12.1. The summed E-state index contributed by atoms with van der Waals surface area (Å²) in [6, 6.07) is 1.75. The second-order valence-electron chi connectivity index (χ2n) is 3.70. The van der Waals surface area contributed by atoms with Crippen molar-refractivity contribution in [3.05, 3.63) is 16.1 Å². The van der Waals surface area contributed by atoms with Gasteiger partial charge in [-0.25, -0.2) is 4.98 Å². The Labute approximate surface area is 111 Å². The molecule has 0 aliphatic rings. The van der Waals surface area contributed by atoms with E-state index in [4.69, 9.17) is 23.2 Å². The first-order chi connectivity index (χ1) is 7.54. The molecule has 0 fully saturated rings. The van der Waals surface area contributed by atoms with Gasteiger partial charge in [0.1, 0.15) is 10.8 Å². The molecule has 90 valence electrons. The second-order valence-corrected chi connectivity index (χ2v) is 6.08. The van der Waals surface area contributed by atoms with E-state index in [-0.39, 0.29) is 0 Å². The van der Waals surface area contributed by atoms with Crippen LogP contribution >= 0.6 is 35.0 Å². The largest absolute Gasteiger partial charge is 0.369 e. The maximum Gasteiger partial charge on any atom is 0.146 e. The van der Waals surface area contributed by atoms with Crippen LogP contribution in [-0.4, -0.2) is 16.8 Å². The Hall–Kier alpha value is -0.120. The van der Waals surface area contributed by atoms with Crippen LogP contribution in [0.4, 0.5) is 5.82 Å². The molecule has 1 N–H and O–H groups in total. The topological polar surface area (TPSA) is 24.9 Å². The smallest absolute Gasteiger partial charge is 0.146 e. The highest BCUT2D eigenvalue weighted by atomic mass is 35.5. The van der Waals surface area contributed by atoms with Crippen LogP contribution < -0.4 is 5.32 Å². The quantitative estimate of drug-likeness (QED) is 0.790. The zero-order valence-electron chi connectivity index (χ0n) is 9.68. The Morgan fingerprint density at radius 2 is 2.06 bits per heavy atom. The predicted octanol–water partition coefficient (Wildman–Crippen LogP) is 4.71. The van der Waals surface area contributed by atoms with Crippen molar-refractivity contribution in [1.82, 2.24) is 4.98 Å². The van der Waals surface area contributed by atoms with E-state index in [9.17, 15) is 0 Å². The Kier molecular flexibility index (Phi) is 5.73. The van der Waals surface area contributed by atoms with E-state index < -0.39 is 0 Å². The van der Waals surface area contributed by atoms with Crippen LogP contribution in [0.25, 0.3) is 0 Å². The molecule has 0 spiro atoms. The first kappa shape index (κ1) is 13.9. The molecule has 0 aliphatic carbocycles. The third kappa shape index (κ3) is 4.04. The molecule has 0 amide bonds. The summed E-state index contributed by atoms with van der Waals surface area (Å²) >= 11 is 13.8. The van der Waals surface area contributed by atoms with Gasteiger partial charge in [0.2, 0.25) is 0 Å². The van der Waals surface area contributed by atoms with Crippen LogP contribution in [0.3, 0.4) is 0 Å². The van der Waals surface area contributed by atoms with Crippen LogP contribution in [0.5, 0.6) is 0 Å². The fraction of sp³-hybridized carbons (Fsp3) is 0.545. The molecule has 1 aromatic heterocycles. The van der Waals surface area contributed by atoms with Crippen molar-refractivity contribution in [2.45, 2.75) is 37.5 Å². The third-order valence-corrected chi connectivity index (χ3v) is 3.48. The molecular formula is C11H16Cl2N2S. The van der Waals surface area contributed by atoms with Crippen LogP contribution in [-0.2, 0) is 0 Å². The first-order valence-corrected chi connectivity index (χ1v) is 6.94. The lowest BCUT2D eigenvalue weighted by molar-refractivity contribution is 0.958. The maximum absolute atomic E-state index is 6.08. The van der Waals surface area contributed by atoms with Crippen LogP contribution in [0.2, 0.25) is 10.0 Å². The molecule has 0 radical (unpaired) electrons. The Balaban J connectivity index is 2.92. The highest BCUT2D eigenvalue weighted by Gasteiger charge is 2.10. The van der Waals surface area contributed by atoms with Gasteiger partial charge in [0, 0.05) is 11.8 Å². The van der Waals surface area contributed by atoms with Gasteiger partial charge < -0.3 is 5.32 Å². The molecule has 16 heavy (non-hydrogen) atoms. The van der Waals surface area contributed by atoms with Crippen molar-refractivity contribution in [1.29, 1.82) is 0 Å². The van der Waals surface area contributed by atoms with Gasteiger partial charge in [0.15, 0.2) is 0 Å². The number of rotatable bonds is 5. The van der Waals surface area contributed by atoms with E-state index >= 15 is 0 Å². The molecule has 1 heterocycles. The van der Waals surface area contributed by atoms with Gasteiger partial charge in [-0.15, -0.1) is 11.8 Å². The predicted molar refractivity (Wildman–Crippen MR) is 74.0 cm³/mol. The van der Waals surface area contributed by atoms with Gasteiger partial charge in [0.05, 0.1) is 10.0 Å². The Bertz CT molecular complexity index is 356. The van der Waals surface area contributed by atoms with Gasteiger partial charge >= 0.3 is 0 Å². The Morgan fingerprint density at radius 3 is 2.62 bits per heavy atom. The lowest BCUT2D eigenvalue weighted by Gasteiger charge is -2.11. The highest BCUT2D eigenvalue weighted by Crippen LogP contribution is 2.33. The van der Waals surface area contributed by atoms with Crippen molar-refractivity contribution >= 4 is 40.8 Å². The average molecular weight is 279 g/mol. The van der Waals surface area contributed by atoms with Gasteiger partial charge in [-0.2, -0.15) is 0 Å². The average Bonchev–Trinajstić information content (AvgIpc) is 2.20. The number of hydrogen-bond acceptors (Lipinski definition) is 3. The number of hydrogen-bond donors (Lipinski definition) is 1. The lowest BCUT2D eigenvalue weighted by Crippen LogP contribution is -2.03. The van der Waals surface area contributed by atoms with Gasteiger partial charge in [-0.3, -0.25) is 0 Å². The minimum absolute atomic E-state index is 0.449. The monoisotopic (exact) mass is 278 g/mol. The maximum atomic E-state index is 6.08. The highest BCUT2D eigenvalue weighted by molar-refractivity contribution is 7.99. The van der Waals surface area contributed by atoms with Gasteiger partial charge in [-0.1, -0.05) is 44.0 Å². The molecule has 1 rings (SSSR count). The molecule has 5 heteroatoms. The van der Waals surface area contributed by atoms with Gasteiger partial charge in [0.25, 0.3) is 0 Å². The van der Waals surface area contributed by atoms with Crippen molar-refractivity contribution in [2.24, 2.45) is 0 Å². The minimum Gasteiger partial charge on any atom is -0.369 e. The third-order valence-electron chi connectivity index (χ3n) is 1.79. The molecule has 0 unspecified atom stereocenters. The molecule has 1 aromatic rings. The Morgan fingerprint density at radius 1 is 1.38 bits per heavy atom. The molecule has 0 saturated heterocycles. The summed E-state index contributed by atoms with van der Waals surface area (Å²) in [5, 5.41) is 5.66. The minimum atomic E-state index is 0.449. The molecular weight excluding hydrogens is 263 g/mol. The number of nitrogens with one attached hydrogen (secondary N) is 1. The summed E-state index contributed by atoms with van der Waals surface area (Å²) in [7, 11) is 0. The number of thioether (sulfide) groups is 1. The summed E-state index contributed by atoms with van der Waals surface area (Å²) < 4.78 is 0. The van der Waals surface area contributed by atoms with E-state index in [1.165, 1.54) is 0 Å². The van der Waals surface area contributed by atoms with Crippen LogP contribution in [0, 0.1) is 0 Å². The fourth-order valence-electron chi connectivity index (χ4n) is 1.12. The molecule has 0 saturated carbocycles. The standard InChI is InChI=1S/C11H16Cl2N2S/c1-4-5-14-10-8(12)6-9(13)11(15-10)16-7(2)3/h6-7H,4-5H2,1-3H3,(H,14,15). The normalized spacial score (nSPS) is 10.9. The fourth-order valence-corrected chi connectivity index (χ4v) is 2.44. The summed E-state index contributed by atoms with van der Waals surface area (Å²) in [6.07, 6.45) is 1.04. The summed E-state index contributed by atoms with van der Waals surface area (Å²) in [5.74, 6) is 0.719. The van der Waals surface area contributed by atoms with Crippen LogP contribution in [0.1, 0.15) is 27.2 Å². The summed E-state index contributed by atoms with van der Waals surface area (Å²) in [6.45, 7) is 7.17. The number of pyridine rings is 1. The van der Waals surface area contributed by atoms with Gasteiger partial charge in [-0.05, 0) is 12.5 Å². The number of aromatic nitrogens is 1. The van der Waals surface area contributed by atoms with Crippen molar-refractivity contribution in [3.63, 3.8) is 0 Å². The van der Waals surface area contributed by atoms with Crippen molar-refractivity contribution < 1.29 is 0 Å². The van der Waals surface area contributed by atoms with E-state index in [0.717, 1.165) is 23.8 Å².